The highest BCUT2D eigenvalue weighted by Gasteiger charge is 2.43. The second kappa shape index (κ2) is 8.52. The molecule has 0 spiro atoms. The van der Waals surface area contributed by atoms with Crippen molar-refractivity contribution >= 4 is 38.5 Å². The summed E-state index contributed by atoms with van der Waals surface area (Å²) < 4.78 is 12.4. The second-order valence-corrected chi connectivity index (χ2v) is 8.83. The molecule has 33 heavy (non-hydrogen) atoms. The zero-order valence-electron chi connectivity index (χ0n) is 18.3. The van der Waals surface area contributed by atoms with Crippen molar-refractivity contribution in [3.8, 4) is 5.75 Å². The number of nitrogens with zero attached hydrogens (tertiary/aromatic N) is 1. The molecule has 0 saturated heterocycles. The summed E-state index contributed by atoms with van der Waals surface area (Å²) in [6, 6.07) is 20.0. The summed E-state index contributed by atoms with van der Waals surface area (Å²) in [4.78, 5) is 28.9. The van der Waals surface area contributed by atoms with Crippen LogP contribution in [-0.2, 0) is 6.42 Å². The summed E-state index contributed by atoms with van der Waals surface area (Å²) in [7, 11) is 0. The molecule has 5 rings (SSSR count). The van der Waals surface area contributed by atoms with E-state index in [1.165, 1.54) is 5.56 Å². The minimum Gasteiger partial charge on any atom is -0.494 e. The van der Waals surface area contributed by atoms with E-state index >= 15 is 0 Å². The number of ether oxygens (including phenoxy) is 1. The molecule has 6 heteroatoms. The number of rotatable bonds is 5. The van der Waals surface area contributed by atoms with E-state index in [-0.39, 0.29) is 17.1 Å². The monoisotopic (exact) mass is 503 g/mol. The standard InChI is InChI=1S/C27H22BrNO4/c1-3-16-5-7-17(8-6-16)24-23-25(30)21-15-18(28)9-14-22(21)33-26(23)27(31)29(24)19-10-12-20(13-11-19)32-4-2/h5-15,24H,3-4H2,1-2H3. The summed E-state index contributed by atoms with van der Waals surface area (Å²) >= 11 is 3.43. The summed E-state index contributed by atoms with van der Waals surface area (Å²) in [5, 5.41) is 0.444. The molecule has 0 N–H and O–H groups in total. The van der Waals surface area contributed by atoms with Crippen molar-refractivity contribution in [2.24, 2.45) is 0 Å². The van der Waals surface area contributed by atoms with Gasteiger partial charge < -0.3 is 9.15 Å². The summed E-state index contributed by atoms with van der Waals surface area (Å²) in [6.07, 6.45) is 0.907. The fourth-order valence-electron chi connectivity index (χ4n) is 4.33. The van der Waals surface area contributed by atoms with Gasteiger partial charge in [-0.2, -0.15) is 0 Å². The molecule has 2 heterocycles. The number of anilines is 1. The van der Waals surface area contributed by atoms with Crippen LogP contribution in [0, 0.1) is 0 Å². The number of aryl methyl sites for hydroxylation is 1. The van der Waals surface area contributed by atoms with Gasteiger partial charge in [-0.15, -0.1) is 0 Å². The van der Waals surface area contributed by atoms with Gasteiger partial charge >= 0.3 is 0 Å². The van der Waals surface area contributed by atoms with Crippen molar-refractivity contribution in [2.75, 3.05) is 11.5 Å². The van der Waals surface area contributed by atoms with Gasteiger partial charge in [-0.25, -0.2) is 0 Å². The van der Waals surface area contributed by atoms with Crippen molar-refractivity contribution in [2.45, 2.75) is 26.3 Å². The lowest BCUT2D eigenvalue weighted by atomic mass is 9.97. The van der Waals surface area contributed by atoms with Crippen LogP contribution in [0.15, 0.2) is 80.4 Å². The summed E-state index contributed by atoms with van der Waals surface area (Å²) in [5.41, 5.74) is 3.27. The maximum Gasteiger partial charge on any atom is 0.295 e. The van der Waals surface area contributed by atoms with E-state index < -0.39 is 6.04 Å². The lowest BCUT2D eigenvalue weighted by Gasteiger charge is -2.25. The molecule has 3 aromatic carbocycles. The Balaban J connectivity index is 1.73. The molecule has 1 amide bonds. The average Bonchev–Trinajstić information content (AvgIpc) is 3.13. The van der Waals surface area contributed by atoms with E-state index in [2.05, 4.69) is 22.9 Å². The third-order valence-corrected chi connectivity index (χ3v) is 6.46. The Hall–Kier alpha value is -3.38. The molecule has 0 fully saturated rings. The highest BCUT2D eigenvalue weighted by atomic mass is 79.9. The molecule has 5 nitrogen and oxygen atoms in total. The zero-order valence-corrected chi connectivity index (χ0v) is 19.9. The van der Waals surface area contributed by atoms with Gasteiger partial charge in [-0.1, -0.05) is 47.1 Å². The highest BCUT2D eigenvalue weighted by molar-refractivity contribution is 9.10. The lowest BCUT2D eigenvalue weighted by Crippen LogP contribution is -2.29. The number of amides is 1. The van der Waals surface area contributed by atoms with Gasteiger partial charge in [0.1, 0.15) is 11.3 Å². The van der Waals surface area contributed by atoms with E-state index in [0.717, 1.165) is 22.2 Å². The molecule has 0 radical (unpaired) electrons. The first kappa shape index (κ1) is 21.5. The van der Waals surface area contributed by atoms with Gasteiger partial charge in [-0.05, 0) is 66.9 Å². The number of carbonyl (C=O) groups is 1. The van der Waals surface area contributed by atoms with Crippen LogP contribution in [-0.4, -0.2) is 12.5 Å². The molecule has 0 aliphatic carbocycles. The van der Waals surface area contributed by atoms with Crippen molar-refractivity contribution in [1.82, 2.24) is 0 Å². The molecule has 1 aliphatic heterocycles. The van der Waals surface area contributed by atoms with Crippen molar-refractivity contribution in [3.05, 3.63) is 104 Å². The van der Waals surface area contributed by atoms with Gasteiger partial charge in [0, 0.05) is 10.2 Å². The summed E-state index contributed by atoms with van der Waals surface area (Å²) in [5.74, 6) is 0.480. The number of fused-ring (bicyclic) bond motifs is 2. The van der Waals surface area contributed by atoms with Crippen LogP contribution in [0.5, 0.6) is 5.75 Å². The first-order valence-electron chi connectivity index (χ1n) is 10.9. The smallest absolute Gasteiger partial charge is 0.295 e. The Labute approximate surface area is 199 Å². The topological polar surface area (TPSA) is 59.8 Å². The molecule has 166 valence electrons. The van der Waals surface area contributed by atoms with Gasteiger partial charge in [0.15, 0.2) is 5.43 Å². The van der Waals surface area contributed by atoms with E-state index in [0.29, 0.717) is 28.8 Å². The SMILES string of the molecule is CCOc1ccc(N2C(=O)c3oc4ccc(Br)cc4c(=O)c3C2c2ccc(CC)cc2)cc1. The molecule has 4 aromatic rings. The Morgan fingerprint density at radius 2 is 1.70 bits per heavy atom. The van der Waals surface area contributed by atoms with Crippen LogP contribution in [0.1, 0.15) is 47.1 Å². The van der Waals surface area contributed by atoms with E-state index in [1.54, 1.807) is 23.1 Å². The quantitative estimate of drug-likeness (QED) is 0.322. The maximum absolute atomic E-state index is 13.7. The highest BCUT2D eigenvalue weighted by Crippen LogP contribution is 2.41. The number of carbonyl (C=O) groups excluding carboxylic acids is 1. The van der Waals surface area contributed by atoms with Crippen LogP contribution in [0.25, 0.3) is 11.0 Å². The molecule has 1 aliphatic rings. The van der Waals surface area contributed by atoms with Crippen LogP contribution in [0.2, 0.25) is 0 Å². The number of hydrogen-bond donors (Lipinski definition) is 0. The molecule has 1 aromatic heterocycles. The molecular weight excluding hydrogens is 482 g/mol. The van der Waals surface area contributed by atoms with E-state index in [1.807, 2.05) is 55.5 Å². The molecule has 1 unspecified atom stereocenters. The second-order valence-electron chi connectivity index (χ2n) is 7.91. The zero-order chi connectivity index (χ0) is 23.1. The van der Waals surface area contributed by atoms with Crippen LogP contribution >= 0.6 is 15.9 Å². The van der Waals surface area contributed by atoms with Gasteiger partial charge in [0.05, 0.1) is 23.6 Å². The Kier molecular flexibility index (Phi) is 5.54. The number of hydrogen-bond acceptors (Lipinski definition) is 4. The van der Waals surface area contributed by atoms with Crippen molar-refractivity contribution in [3.63, 3.8) is 0 Å². The minimum atomic E-state index is -0.587. The third-order valence-electron chi connectivity index (χ3n) is 5.96. The Bertz CT molecular complexity index is 1410. The third kappa shape index (κ3) is 3.64. The predicted octanol–water partition coefficient (Wildman–Crippen LogP) is 6.27. The predicted molar refractivity (Wildman–Crippen MR) is 132 cm³/mol. The Morgan fingerprint density at radius 1 is 0.970 bits per heavy atom. The fraction of sp³-hybridized carbons (Fsp3) is 0.185. The maximum atomic E-state index is 13.7. The van der Waals surface area contributed by atoms with Crippen molar-refractivity contribution < 1.29 is 13.9 Å². The lowest BCUT2D eigenvalue weighted by molar-refractivity contribution is 0.0971. The first-order chi connectivity index (χ1) is 16.0. The fourth-order valence-corrected chi connectivity index (χ4v) is 4.69. The molecular formula is C27H22BrNO4. The minimum absolute atomic E-state index is 0.0910. The van der Waals surface area contributed by atoms with Gasteiger partial charge in [0.2, 0.25) is 5.76 Å². The van der Waals surface area contributed by atoms with E-state index in [4.69, 9.17) is 9.15 Å². The van der Waals surface area contributed by atoms with Crippen LogP contribution in [0.4, 0.5) is 5.69 Å². The molecule has 0 bridgehead atoms. The van der Waals surface area contributed by atoms with Crippen molar-refractivity contribution in [1.29, 1.82) is 0 Å². The van der Waals surface area contributed by atoms with Crippen LogP contribution in [0.3, 0.4) is 0 Å². The first-order valence-corrected chi connectivity index (χ1v) is 11.7. The summed E-state index contributed by atoms with van der Waals surface area (Å²) in [6.45, 7) is 4.57. The van der Waals surface area contributed by atoms with Crippen LogP contribution < -0.4 is 15.1 Å². The number of benzene rings is 3. The van der Waals surface area contributed by atoms with Gasteiger partial charge in [-0.3, -0.25) is 14.5 Å². The largest absolute Gasteiger partial charge is 0.494 e. The molecule has 1 atom stereocenters. The normalized spacial score (nSPS) is 15.2. The number of halogens is 1. The molecule has 0 saturated carbocycles. The van der Waals surface area contributed by atoms with Gasteiger partial charge in [0.25, 0.3) is 5.91 Å². The Morgan fingerprint density at radius 3 is 2.36 bits per heavy atom. The van der Waals surface area contributed by atoms with E-state index in [9.17, 15) is 9.59 Å². The average molecular weight is 504 g/mol.